The minimum atomic E-state index is -5.08. The summed E-state index contributed by atoms with van der Waals surface area (Å²) >= 11 is 0. The maximum Gasteiger partial charge on any atom is 0.490 e. The Bertz CT molecular complexity index is 1410. The van der Waals surface area contributed by atoms with Crippen molar-refractivity contribution in [3.05, 3.63) is 88.1 Å². The van der Waals surface area contributed by atoms with Crippen molar-refractivity contribution in [2.24, 2.45) is 5.73 Å². The van der Waals surface area contributed by atoms with Gasteiger partial charge in [0.25, 0.3) is 5.69 Å². The predicted molar refractivity (Wildman–Crippen MR) is 131 cm³/mol. The van der Waals surface area contributed by atoms with Crippen LogP contribution >= 0.6 is 0 Å². The summed E-state index contributed by atoms with van der Waals surface area (Å²) in [5.74, 6) is -7.09. The number of carbonyl (C=O) groups is 3. The number of hydrogen-bond donors (Lipinski definition) is 4. The first kappa shape index (κ1) is 36.6. The standard InChI is InChI=1S/C20H16F2N4O4.2C2HF3O2/c21-13-8-14(22)10-15(9-13)25-20(27)18(23)7-12-1-4-17(5-2-12)30-19-6-3-16(11-24-19)26(28)29;2*3-2(4,5)1(6)7/h1-6,8-11,18H,7,23H2,(H,25,27);2*(H,6,7)/t18-;;/m0../s1. The second-order valence-electron chi connectivity index (χ2n) is 7.92. The molecule has 0 aliphatic heterocycles. The average Bonchev–Trinajstić information content (AvgIpc) is 2.89. The Kier molecular flexibility index (Phi) is 13.1. The number of nitrogens with two attached hydrogens (primary N) is 1. The van der Waals surface area contributed by atoms with Gasteiger partial charge in [-0.2, -0.15) is 26.3 Å². The molecule has 20 heteroatoms. The second kappa shape index (κ2) is 15.7. The first-order chi connectivity index (χ1) is 20.2. The van der Waals surface area contributed by atoms with Gasteiger partial charge >= 0.3 is 24.3 Å². The highest BCUT2D eigenvalue weighted by Gasteiger charge is 2.38. The molecule has 2 aromatic carbocycles. The largest absolute Gasteiger partial charge is 0.490 e. The van der Waals surface area contributed by atoms with Crippen LogP contribution in [0.5, 0.6) is 11.6 Å². The van der Waals surface area contributed by atoms with Gasteiger partial charge in [-0.25, -0.2) is 23.4 Å². The molecule has 1 aromatic heterocycles. The van der Waals surface area contributed by atoms with Crippen molar-refractivity contribution in [3.63, 3.8) is 0 Å². The van der Waals surface area contributed by atoms with Crippen molar-refractivity contribution in [1.29, 1.82) is 0 Å². The summed E-state index contributed by atoms with van der Waals surface area (Å²) in [7, 11) is 0. The molecule has 0 unspecified atom stereocenters. The fourth-order valence-electron chi connectivity index (χ4n) is 2.56. The summed E-state index contributed by atoms with van der Waals surface area (Å²) in [4.78, 5) is 43.9. The third-order valence-corrected chi connectivity index (χ3v) is 4.48. The van der Waals surface area contributed by atoms with Crippen LogP contribution in [-0.2, 0) is 20.8 Å². The van der Waals surface area contributed by atoms with Crippen LogP contribution < -0.4 is 15.8 Å². The number of halogens is 8. The first-order valence-corrected chi connectivity index (χ1v) is 11.2. The molecule has 12 nitrogen and oxygen atoms in total. The smallest absolute Gasteiger partial charge is 0.475 e. The van der Waals surface area contributed by atoms with E-state index < -0.39 is 52.8 Å². The van der Waals surface area contributed by atoms with Gasteiger partial charge in [0, 0.05) is 23.9 Å². The molecule has 0 aliphatic carbocycles. The molecule has 0 radical (unpaired) electrons. The van der Waals surface area contributed by atoms with Crippen LogP contribution in [-0.4, -0.2) is 56.4 Å². The Labute approximate surface area is 239 Å². The molecule has 44 heavy (non-hydrogen) atoms. The third kappa shape index (κ3) is 13.5. The summed E-state index contributed by atoms with van der Waals surface area (Å²) in [5, 5.41) is 27.3. The molecule has 0 spiro atoms. The minimum Gasteiger partial charge on any atom is -0.475 e. The zero-order valence-corrected chi connectivity index (χ0v) is 21.4. The average molecular weight is 642 g/mol. The summed E-state index contributed by atoms with van der Waals surface area (Å²) in [6.07, 6.45) is -8.90. The number of carboxylic acid groups (broad SMARTS) is 2. The van der Waals surface area contributed by atoms with Crippen LogP contribution in [0.15, 0.2) is 60.8 Å². The molecule has 0 fully saturated rings. The van der Waals surface area contributed by atoms with Gasteiger partial charge in [-0.15, -0.1) is 0 Å². The number of nitro groups is 1. The molecule has 0 aliphatic rings. The zero-order chi connectivity index (χ0) is 33.8. The van der Waals surface area contributed by atoms with E-state index in [2.05, 4.69) is 10.3 Å². The van der Waals surface area contributed by atoms with Crippen LogP contribution in [0.4, 0.5) is 46.5 Å². The number of aromatic nitrogens is 1. The van der Waals surface area contributed by atoms with Gasteiger partial charge < -0.3 is 26.0 Å². The Morgan fingerprint density at radius 2 is 1.39 bits per heavy atom. The minimum absolute atomic E-state index is 0.0210. The molecule has 0 saturated heterocycles. The van der Waals surface area contributed by atoms with Crippen LogP contribution in [0.25, 0.3) is 0 Å². The lowest BCUT2D eigenvalue weighted by atomic mass is 10.1. The highest BCUT2D eigenvalue weighted by molar-refractivity contribution is 5.94. The molecule has 3 aromatic rings. The number of benzene rings is 2. The quantitative estimate of drug-likeness (QED) is 0.157. The van der Waals surface area contributed by atoms with E-state index in [1.807, 2.05) is 0 Å². The number of alkyl halides is 6. The van der Waals surface area contributed by atoms with Crippen molar-refractivity contribution in [1.82, 2.24) is 4.98 Å². The van der Waals surface area contributed by atoms with Gasteiger partial charge in [0.2, 0.25) is 11.8 Å². The number of carboxylic acids is 2. The van der Waals surface area contributed by atoms with E-state index in [0.29, 0.717) is 11.8 Å². The van der Waals surface area contributed by atoms with Crippen molar-refractivity contribution in [2.45, 2.75) is 24.8 Å². The third-order valence-electron chi connectivity index (χ3n) is 4.48. The Balaban J connectivity index is 0.000000574. The van der Waals surface area contributed by atoms with Crippen molar-refractivity contribution in [3.8, 4) is 11.6 Å². The summed E-state index contributed by atoms with van der Waals surface area (Å²) in [6, 6.07) is 11.0. The van der Waals surface area contributed by atoms with Gasteiger partial charge in [-0.05, 0) is 36.2 Å². The number of nitrogens with zero attached hydrogens (tertiary/aromatic N) is 2. The summed E-state index contributed by atoms with van der Waals surface area (Å²) in [5.41, 5.74) is 6.44. The molecule has 238 valence electrons. The molecular formula is C24H18F8N4O8. The number of carbonyl (C=O) groups excluding carboxylic acids is 1. The Morgan fingerprint density at radius 1 is 0.909 bits per heavy atom. The Morgan fingerprint density at radius 3 is 1.77 bits per heavy atom. The van der Waals surface area contributed by atoms with Crippen LogP contribution in [0.1, 0.15) is 5.56 Å². The fraction of sp³-hybridized carbons (Fsp3) is 0.167. The maximum absolute atomic E-state index is 13.2. The first-order valence-electron chi connectivity index (χ1n) is 11.2. The van der Waals surface area contributed by atoms with Crippen molar-refractivity contribution < 1.29 is 69.4 Å². The van der Waals surface area contributed by atoms with Crippen molar-refractivity contribution in [2.75, 3.05) is 5.32 Å². The van der Waals surface area contributed by atoms with E-state index in [1.54, 1.807) is 24.3 Å². The lowest BCUT2D eigenvalue weighted by molar-refractivity contribution is -0.385. The zero-order valence-electron chi connectivity index (χ0n) is 21.4. The van der Waals surface area contributed by atoms with E-state index in [0.717, 1.165) is 23.9 Å². The topological polar surface area (TPSA) is 195 Å². The summed E-state index contributed by atoms with van der Waals surface area (Å²) in [6.45, 7) is 0. The van der Waals surface area contributed by atoms with E-state index in [9.17, 15) is 50.0 Å². The Hall–Kier alpha value is -5.40. The lowest BCUT2D eigenvalue weighted by Crippen LogP contribution is -2.37. The highest BCUT2D eigenvalue weighted by Crippen LogP contribution is 2.22. The van der Waals surface area contributed by atoms with Crippen molar-refractivity contribution >= 4 is 29.2 Å². The lowest BCUT2D eigenvalue weighted by Gasteiger charge is -2.13. The van der Waals surface area contributed by atoms with Gasteiger partial charge in [-0.1, -0.05) is 12.1 Å². The van der Waals surface area contributed by atoms with Crippen LogP contribution in [0.2, 0.25) is 0 Å². The van der Waals surface area contributed by atoms with Crippen LogP contribution in [0.3, 0.4) is 0 Å². The normalized spacial score (nSPS) is 11.5. The molecule has 5 N–H and O–H groups in total. The number of amides is 1. The van der Waals surface area contributed by atoms with Crippen LogP contribution in [0, 0.1) is 21.7 Å². The molecule has 1 heterocycles. The van der Waals surface area contributed by atoms with Gasteiger partial charge in [-0.3, -0.25) is 14.9 Å². The number of ether oxygens (including phenoxy) is 1. The van der Waals surface area contributed by atoms with Gasteiger partial charge in [0.05, 0.1) is 11.0 Å². The number of pyridine rings is 1. The summed E-state index contributed by atoms with van der Waals surface area (Å²) < 4.78 is 95.4. The fourth-order valence-corrected chi connectivity index (χ4v) is 2.56. The molecule has 0 saturated carbocycles. The molecular weight excluding hydrogens is 624 g/mol. The number of aliphatic carboxylic acids is 2. The molecule has 3 rings (SSSR count). The van der Waals surface area contributed by atoms with E-state index in [1.165, 1.54) is 12.1 Å². The number of anilines is 1. The number of nitrogens with one attached hydrogen (secondary N) is 1. The number of rotatable bonds is 7. The maximum atomic E-state index is 13.2. The molecule has 1 amide bonds. The van der Waals surface area contributed by atoms with E-state index in [4.69, 9.17) is 30.3 Å². The van der Waals surface area contributed by atoms with Gasteiger partial charge in [0.1, 0.15) is 23.6 Å². The SMILES string of the molecule is N[C@@H](Cc1ccc(Oc2ccc([N+](=O)[O-])cn2)cc1)C(=O)Nc1cc(F)cc(F)c1.O=C(O)C(F)(F)F.O=C(O)C(F)(F)F. The highest BCUT2D eigenvalue weighted by atomic mass is 19.4. The molecule has 0 bridgehead atoms. The van der Waals surface area contributed by atoms with E-state index >= 15 is 0 Å². The second-order valence-corrected chi connectivity index (χ2v) is 7.92. The predicted octanol–water partition coefficient (Wildman–Crippen LogP) is 4.84. The number of hydrogen-bond acceptors (Lipinski definition) is 8. The van der Waals surface area contributed by atoms with E-state index in [-0.39, 0.29) is 23.7 Å². The molecule has 1 atom stereocenters. The van der Waals surface area contributed by atoms with Gasteiger partial charge in [0.15, 0.2) is 0 Å². The monoisotopic (exact) mass is 642 g/mol.